The van der Waals surface area contributed by atoms with E-state index in [-0.39, 0.29) is 30.3 Å². The number of amides is 2. The average Bonchev–Trinajstić information content (AvgIpc) is 3.05. The lowest BCUT2D eigenvalue weighted by Crippen LogP contribution is -2.31. The Morgan fingerprint density at radius 3 is 2.70 bits per heavy atom. The second-order valence-corrected chi connectivity index (χ2v) is 7.14. The van der Waals surface area contributed by atoms with Crippen molar-refractivity contribution < 1.29 is 9.59 Å². The van der Waals surface area contributed by atoms with Crippen LogP contribution in [0.3, 0.4) is 0 Å². The third-order valence-corrected chi connectivity index (χ3v) is 5.40. The van der Waals surface area contributed by atoms with Crippen LogP contribution < -0.4 is 16.0 Å². The number of carbonyl (C=O) groups excluding carboxylic acids is 2. The molecule has 2 amide bonds. The first kappa shape index (κ1) is 19.2. The van der Waals surface area contributed by atoms with Crippen molar-refractivity contribution in [2.24, 2.45) is 0 Å². The van der Waals surface area contributed by atoms with Gasteiger partial charge in [0.15, 0.2) is 0 Å². The maximum Gasteiger partial charge on any atom is 0.251 e. The highest BCUT2D eigenvalue weighted by Crippen LogP contribution is 2.32. The van der Waals surface area contributed by atoms with Crippen molar-refractivity contribution >= 4 is 35.6 Å². The maximum absolute atomic E-state index is 12.8. The molecule has 2 aromatic rings. The molecule has 5 nitrogen and oxygen atoms in total. The Morgan fingerprint density at radius 2 is 1.93 bits per heavy atom. The minimum atomic E-state index is -0.0660. The molecule has 1 atom stereocenters. The van der Waals surface area contributed by atoms with Gasteiger partial charge in [-0.05, 0) is 72.7 Å². The highest BCUT2D eigenvalue weighted by molar-refractivity contribution is 5.98. The normalized spacial score (nSPS) is 17.5. The molecule has 3 N–H and O–H groups in total. The Hall–Kier alpha value is -2.53. The van der Waals surface area contributed by atoms with Crippen LogP contribution in [0.25, 0.3) is 0 Å². The fraction of sp³-hybridized carbons (Fsp3) is 0.333. The van der Waals surface area contributed by atoms with Gasteiger partial charge in [-0.15, -0.1) is 12.4 Å². The summed E-state index contributed by atoms with van der Waals surface area (Å²) in [5.74, 6) is -0.0252. The summed E-state index contributed by atoms with van der Waals surface area (Å²) in [7, 11) is 0. The summed E-state index contributed by atoms with van der Waals surface area (Å²) in [6, 6.07) is 11.6. The molecule has 2 aliphatic rings. The lowest BCUT2D eigenvalue weighted by atomic mass is 9.87. The first-order valence-corrected chi connectivity index (χ1v) is 9.13. The Bertz CT molecular complexity index is 897. The fourth-order valence-electron chi connectivity index (χ4n) is 4.10. The van der Waals surface area contributed by atoms with Crippen molar-refractivity contribution in [3.05, 3.63) is 58.7 Å². The number of fused-ring (bicyclic) bond motifs is 2. The van der Waals surface area contributed by atoms with E-state index in [1.54, 1.807) is 11.8 Å². The Kier molecular flexibility index (Phi) is 5.42. The van der Waals surface area contributed by atoms with Crippen LogP contribution in [0.2, 0.25) is 0 Å². The molecule has 1 unspecified atom stereocenters. The van der Waals surface area contributed by atoms with Gasteiger partial charge >= 0.3 is 0 Å². The second kappa shape index (κ2) is 7.61. The van der Waals surface area contributed by atoms with Crippen LogP contribution in [-0.2, 0) is 17.6 Å². The van der Waals surface area contributed by atoms with E-state index in [1.165, 1.54) is 11.1 Å². The van der Waals surface area contributed by atoms with Crippen LogP contribution in [0.4, 0.5) is 11.4 Å². The van der Waals surface area contributed by atoms with Gasteiger partial charge in [0.05, 0.1) is 6.04 Å². The van der Waals surface area contributed by atoms with Crippen molar-refractivity contribution in [1.82, 2.24) is 5.32 Å². The SMILES string of the molecule is CC(=O)N1CCc2cc(C(=O)NC3CCCc4cc(N)ccc43)ccc21.Cl. The van der Waals surface area contributed by atoms with Crippen LogP contribution >= 0.6 is 12.4 Å². The number of nitrogen functional groups attached to an aromatic ring is 1. The largest absolute Gasteiger partial charge is 0.399 e. The molecule has 6 heteroatoms. The molecule has 1 heterocycles. The number of nitrogens with zero attached hydrogens (tertiary/aromatic N) is 1. The van der Waals surface area contributed by atoms with E-state index >= 15 is 0 Å². The highest BCUT2D eigenvalue weighted by atomic mass is 35.5. The van der Waals surface area contributed by atoms with Gasteiger partial charge in [-0.3, -0.25) is 9.59 Å². The number of hydrogen-bond donors (Lipinski definition) is 2. The smallest absolute Gasteiger partial charge is 0.251 e. The van der Waals surface area contributed by atoms with E-state index in [2.05, 4.69) is 5.32 Å². The summed E-state index contributed by atoms with van der Waals surface area (Å²) in [6.07, 6.45) is 3.78. The zero-order chi connectivity index (χ0) is 18.3. The number of anilines is 2. The van der Waals surface area contributed by atoms with Crippen molar-refractivity contribution in [3.63, 3.8) is 0 Å². The summed E-state index contributed by atoms with van der Waals surface area (Å²) >= 11 is 0. The number of hydrogen-bond acceptors (Lipinski definition) is 3. The van der Waals surface area contributed by atoms with Gasteiger partial charge in [-0.25, -0.2) is 0 Å². The molecule has 142 valence electrons. The minimum Gasteiger partial charge on any atom is -0.399 e. The summed E-state index contributed by atoms with van der Waals surface area (Å²) in [4.78, 5) is 26.2. The van der Waals surface area contributed by atoms with Crippen molar-refractivity contribution in [2.45, 2.75) is 38.6 Å². The molecule has 0 spiro atoms. The third-order valence-electron chi connectivity index (χ3n) is 5.40. The summed E-state index contributed by atoms with van der Waals surface area (Å²) in [5.41, 5.74) is 11.7. The molecule has 0 radical (unpaired) electrons. The predicted octanol–water partition coefficient (Wildman–Crippen LogP) is 3.41. The van der Waals surface area contributed by atoms with E-state index in [0.717, 1.165) is 42.6 Å². The topological polar surface area (TPSA) is 75.4 Å². The summed E-state index contributed by atoms with van der Waals surface area (Å²) in [5, 5.41) is 3.18. The molecule has 1 aliphatic heterocycles. The quantitative estimate of drug-likeness (QED) is 0.778. The third kappa shape index (κ3) is 3.65. The predicted molar refractivity (Wildman–Crippen MR) is 109 cm³/mol. The number of carbonyl (C=O) groups is 2. The number of rotatable bonds is 2. The number of nitrogens with one attached hydrogen (secondary N) is 1. The molecule has 0 aromatic heterocycles. The van der Waals surface area contributed by atoms with Gasteiger partial charge < -0.3 is 16.0 Å². The molecule has 27 heavy (non-hydrogen) atoms. The molecule has 0 fully saturated rings. The second-order valence-electron chi connectivity index (χ2n) is 7.14. The monoisotopic (exact) mass is 385 g/mol. The van der Waals surface area contributed by atoms with E-state index in [4.69, 9.17) is 5.73 Å². The first-order chi connectivity index (χ1) is 12.5. The van der Waals surface area contributed by atoms with Crippen molar-refractivity contribution in [3.8, 4) is 0 Å². The molecule has 0 saturated heterocycles. The summed E-state index contributed by atoms with van der Waals surface area (Å²) < 4.78 is 0. The average molecular weight is 386 g/mol. The Balaban J connectivity index is 0.00000210. The molecule has 4 rings (SSSR count). The van der Waals surface area contributed by atoms with Crippen molar-refractivity contribution in [2.75, 3.05) is 17.2 Å². The van der Waals surface area contributed by atoms with E-state index < -0.39 is 0 Å². The van der Waals surface area contributed by atoms with E-state index in [0.29, 0.717) is 12.1 Å². The minimum absolute atomic E-state index is 0. The van der Waals surface area contributed by atoms with Crippen LogP contribution in [0.15, 0.2) is 36.4 Å². The van der Waals surface area contributed by atoms with Crippen LogP contribution in [0.1, 0.15) is 52.9 Å². The van der Waals surface area contributed by atoms with Gasteiger partial charge in [0.1, 0.15) is 0 Å². The molecule has 2 aromatic carbocycles. The van der Waals surface area contributed by atoms with Crippen LogP contribution in [0, 0.1) is 0 Å². The molecule has 1 aliphatic carbocycles. The molecule has 0 saturated carbocycles. The maximum atomic E-state index is 12.8. The fourth-order valence-corrected chi connectivity index (χ4v) is 4.10. The number of aryl methyl sites for hydroxylation is 1. The number of halogens is 1. The first-order valence-electron chi connectivity index (χ1n) is 9.13. The van der Waals surface area contributed by atoms with Crippen LogP contribution in [-0.4, -0.2) is 18.4 Å². The number of benzene rings is 2. The van der Waals surface area contributed by atoms with Gasteiger partial charge in [-0.2, -0.15) is 0 Å². The lowest BCUT2D eigenvalue weighted by Gasteiger charge is -2.27. The highest BCUT2D eigenvalue weighted by Gasteiger charge is 2.25. The standard InChI is InChI=1S/C21H23N3O2.ClH/c1-13(25)24-10-9-15-11-16(5-8-20(15)24)21(26)23-19-4-2-3-14-12-17(22)6-7-18(14)19;/h5-8,11-12,19H,2-4,9-10,22H2,1H3,(H,23,26);1H. The lowest BCUT2D eigenvalue weighted by molar-refractivity contribution is -0.116. The summed E-state index contributed by atoms with van der Waals surface area (Å²) in [6.45, 7) is 2.26. The number of nitrogens with two attached hydrogens (primary N) is 1. The van der Waals surface area contributed by atoms with Crippen molar-refractivity contribution in [1.29, 1.82) is 0 Å². The molecular formula is C21H24ClN3O2. The van der Waals surface area contributed by atoms with Crippen LogP contribution in [0.5, 0.6) is 0 Å². The van der Waals surface area contributed by atoms with Gasteiger partial charge in [-0.1, -0.05) is 6.07 Å². The molecular weight excluding hydrogens is 362 g/mol. The zero-order valence-corrected chi connectivity index (χ0v) is 16.1. The van der Waals surface area contributed by atoms with E-state index in [9.17, 15) is 9.59 Å². The zero-order valence-electron chi connectivity index (χ0n) is 15.3. The van der Waals surface area contributed by atoms with E-state index in [1.807, 2.05) is 36.4 Å². The Labute approximate surface area is 165 Å². The van der Waals surface area contributed by atoms with Gasteiger partial charge in [0, 0.05) is 30.4 Å². The van der Waals surface area contributed by atoms with Gasteiger partial charge in [0.25, 0.3) is 5.91 Å². The Morgan fingerprint density at radius 1 is 1.11 bits per heavy atom. The van der Waals surface area contributed by atoms with Gasteiger partial charge in [0.2, 0.25) is 5.91 Å². The molecule has 0 bridgehead atoms.